The van der Waals surface area contributed by atoms with E-state index in [4.69, 9.17) is 4.55 Å². The minimum absolute atomic E-state index is 0. The van der Waals surface area contributed by atoms with Crippen LogP contribution in [0.1, 0.15) is 5.56 Å². The number of aryl methyl sites for hydroxylation is 1. The molecule has 0 fully saturated rings. The summed E-state index contributed by atoms with van der Waals surface area (Å²) >= 11 is 0. The Bertz CT molecular complexity index is 359. The topological polar surface area (TPSA) is 54.4 Å². The Labute approximate surface area is 90.3 Å². The third kappa shape index (κ3) is 3.16. The standard InChI is InChI=1S/C7H8O3S.In.3H/c1-6-3-2-4-7(5-6)11(8,9)10;;;;/h2-5H,1H3,(H,8,9,10);;;;. The second kappa shape index (κ2) is 4.30. The Morgan fingerprint density at radius 1 is 1.33 bits per heavy atom. The average molecular weight is 290 g/mol. The van der Waals surface area contributed by atoms with E-state index in [9.17, 15) is 8.42 Å². The molecule has 0 aromatic heterocycles. The zero-order valence-electron chi connectivity index (χ0n) is 5.98. The van der Waals surface area contributed by atoms with Gasteiger partial charge in [-0.15, -0.1) is 0 Å². The zero-order chi connectivity index (χ0) is 8.48. The van der Waals surface area contributed by atoms with Crippen LogP contribution < -0.4 is 0 Å². The van der Waals surface area contributed by atoms with E-state index in [-0.39, 0.29) is 30.7 Å². The molecule has 0 spiro atoms. The first kappa shape index (κ1) is 12.0. The van der Waals surface area contributed by atoms with Gasteiger partial charge in [0.1, 0.15) is 0 Å². The molecule has 0 aliphatic rings. The second-order valence-electron chi connectivity index (χ2n) is 2.29. The first-order valence-corrected chi connectivity index (χ1v) is 4.48. The van der Waals surface area contributed by atoms with Gasteiger partial charge < -0.3 is 0 Å². The van der Waals surface area contributed by atoms with Crippen molar-refractivity contribution in [1.82, 2.24) is 0 Å². The van der Waals surface area contributed by atoms with Gasteiger partial charge in [-0.2, -0.15) is 8.42 Å². The van der Waals surface area contributed by atoms with Gasteiger partial charge in [-0.1, -0.05) is 12.1 Å². The molecule has 0 bridgehead atoms. The second-order valence-corrected chi connectivity index (χ2v) is 3.71. The minimum atomic E-state index is -4.03. The maximum absolute atomic E-state index is 10.5. The van der Waals surface area contributed by atoms with Crippen LogP contribution in [0.25, 0.3) is 0 Å². The molecule has 3 nitrogen and oxygen atoms in total. The van der Waals surface area contributed by atoms with Gasteiger partial charge in [0.2, 0.25) is 0 Å². The monoisotopic (exact) mass is 290 g/mol. The van der Waals surface area contributed by atoms with Gasteiger partial charge in [-0.05, 0) is 24.6 Å². The first-order valence-electron chi connectivity index (χ1n) is 3.04. The van der Waals surface area contributed by atoms with E-state index in [2.05, 4.69) is 0 Å². The molecule has 66 valence electrons. The number of hydrogen-bond acceptors (Lipinski definition) is 2. The zero-order valence-corrected chi connectivity index (χ0v) is 6.80. The molecule has 0 unspecified atom stereocenters. The molecule has 1 N–H and O–H groups in total. The molecule has 0 heterocycles. The van der Waals surface area contributed by atoms with Crippen molar-refractivity contribution in [3.8, 4) is 0 Å². The number of rotatable bonds is 1. The van der Waals surface area contributed by atoms with Gasteiger partial charge >= 0.3 is 25.8 Å². The molecule has 0 saturated heterocycles. The average Bonchev–Trinajstić information content (AvgIpc) is 1.86. The third-order valence-corrected chi connectivity index (χ3v) is 2.14. The third-order valence-electron chi connectivity index (χ3n) is 1.29. The molecule has 1 aromatic rings. The summed E-state index contributed by atoms with van der Waals surface area (Å²) in [6.45, 7) is 1.76. The van der Waals surface area contributed by atoms with Crippen molar-refractivity contribution in [2.24, 2.45) is 0 Å². The Morgan fingerprint density at radius 3 is 2.25 bits per heavy atom. The summed E-state index contributed by atoms with van der Waals surface area (Å²) in [5.41, 5.74) is 0.806. The van der Waals surface area contributed by atoms with Gasteiger partial charge in [-0.25, -0.2) is 0 Å². The van der Waals surface area contributed by atoms with E-state index >= 15 is 0 Å². The summed E-state index contributed by atoms with van der Waals surface area (Å²) in [6, 6.07) is 6.10. The Hall–Kier alpha value is 0.000130. The van der Waals surface area contributed by atoms with Crippen molar-refractivity contribution in [1.29, 1.82) is 0 Å². The van der Waals surface area contributed by atoms with Crippen LogP contribution in [0.4, 0.5) is 0 Å². The summed E-state index contributed by atoms with van der Waals surface area (Å²) in [4.78, 5) is -0.0579. The molecule has 0 radical (unpaired) electrons. The molecule has 1 rings (SSSR count). The molecule has 0 aliphatic heterocycles. The van der Waals surface area contributed by atoms with Gasteiger partial charge in [0.05, 0.1) is 4.90 Å². The molecule has 1 aromatic carbocycles. The fraction of sp³-hybridized carbons (Fsp3) is 0.143. The molecular weight excluding hydrogens is 279 g/mol. The number of hydrogen-bond donors (Lipinski definition) is 1. The van der Waals surface area contributed by atoms with Crippen molar-refractivity contribution >= 4 is 36.0 Å². The van der Waals surface area contributed by atoms with Gasteiger partial charge in [0.25, 0.3) is 10.1 Å². The van der Waals surface area contributed by atoms with E-state index in [1.165, 1.54) is 12.1 Å². The van der Waals surface area contributed by atoms with Gasteiger partial charge in [0, 0.05) is 0 Å². The van der Waals surface area contributed by atoms with Crippen molar-refractivity contribution in [2.45, 2.75) is 11.8 Å². The van der Waals surface area contributed by atoms with Crippen molar-refractivity contribution in [3.63, 3.8) is 0 Å². The first-order chi connectivity index (χ1) is 5.00. The summed E-state index contributed by atoms with van der Waals surface area (Å²) in [5, 5.41) is 0. The van der Waals surface area contributed by atoms with E-state index in [0.29, 0.717) is 0 Å². The Kier molecular flexibility index (Phi) is 4.30. The molecule has 5 heteroatoms. The molecular formula is C7H11InO3S. The van der Waals surface area contributed by atoms with E-state index in [1.54, 1.807) is 19.1 Å². The van der Waals surface area contributed by atoms with Crippen LogP contribution in [0, 0.1) is 6.92 Å². The Balaban J connectivity index is 0.00000121. The van der Waals surface area contributed by atoms with Crippen LogP contribution in [0.3, 0.4) is 0 Å². The van der Waals surface area contributed by atoms with Crippen LogP contribution >= 0.6 is 0 Å². The molecule has 12 heavy (non-hydrogen) atoms. The van der Waals surface area contributed by atoms with E-state index in [1.807, 2.05) is 0 Å². The van der Waals surface area contributed by atoms with Crippen molar-refractivity contribution in [3.05, 3.63) is 29.8 Å². The van der Waals surface area contributed by atoms with Gasteiger partial charge in [0.15, 0.2) is 0 Å². The fourth-order valence-corrected chi connectivity index (χ4v) is 1.36. The van der Waals surface area contributed by atoms with E-state index in [0.717, 1.165) is 5.56 Å². The number of benzene rings is 1. The summed E-state index contributed by atoms with van der Waals surface area (Å²) in [7, 11) is -4.03. The maximum atomic E-state index is 10.5. The molecule has 0 amide bonds. The van der Waals surface area contributed by atoms with Gasteiger partial charge in [-0.3, -0.25) is 4.55 Å². The van der Waals surface area contributed by atoms with E-state index < -0.39 is 10.1 Å². The normalized spacial score (nSPS) is 10.5. The van der Waals surface area contributed by atoms with Crippen molar-refractivity contribution < 1.29 is 13.0 Å². The van der Waals surface area contributed by atoms with Crippen LogP contribution in [-0.2, 0) is 10.1 Å². The summed E-state index contributed by atoms with van der Waals surface area (Å²) in [5.74, 6) is 0. The quantitative estimate of drug-likeness (QED) is 0.744. The fourth-order valence-electron chi connectivity index (χ4n) is 0.776. The van der Waals surface area contributed by atoms with Crippen LogP contribution in [-0.4, -0.2) is 38.8 Å². The predicted molar refractivity (Wildman–Crippen MR) is 50.9 cm³/mol. The van der Waals surface area contributed by atoms with Crippen molar-refractivity contribution in [2.75, 3.05) is 0 Å². The van der Waals surface area contributed by atoms with Crippen LogP contribution in [0.2, 0.25) is 0 Å². The predicted octanol–water partition coefficient (Wildman–Crippen LogP) is 0.0578. The van der Waals surface area contributed by atoms with Crippen LogP contribution in [0.15, 0.2) is 29.2 Å². The molecule has 0 atom stereocenters. The molecule has 0 saturated carbocycles. The Morgan fingerprint density at radius 2 is 1.92 bits per heavy atom. The summed E-state index contributed by atoms with van der Waals surface area (Å²) in [6.07, 6.45) is 0. The SMILES string of the molecule is Cc1cccc(S(=O)(=O)O)c1.[InH3]. The summed E-state index contributed by atoms with van der Waals surface area (Å²) < 4.78 is 29.7. The van der Waals surface area contributed by atoms with Crippen LogP contribution in [0.5, 0.6) is 0 Å². The molecule has 0 aliphatic carbocycles.